The second-order valence-electron chi connectivity index (χ2n) is 4.47. The molecule has 1 N–H and O–H groups in total. The molecule has 1 fully saturated rings. The number of methoxy groups -OCH3 is 1. The van der Waals surface area contributed by atoms with Crippen LogP contribution in [-0.4, -0.2) is 36.7 Å². The normalized spacial score (nSPS) is 17.8. The Morgan fingerprint density at radius 3 is 2.73 bits per heavy atom. The van der Waals surface area contributed by atoms with Gasteiger partial charge in [0.25, 0.3) is 5.91 Å². The van der Waals surface area contributed by atoms with E-state index in [9.17, 15) is 22.8 Å². The molecule has 1 aromatic rings. The largest absolute Gasteiger partial charge is 0.573 e. The lowest BCUT2D eigenvalue weighted by molar-refractivity contribution is -0.274. The van der Waals surface area contributed by atoms with Crippen LogP contribution >= 0.6 is 27.7 Å². The number of amidine groups is 1. The van der Waals surface area contributed by atoms with Crippen LogP contribution in [0.2, 0.25) is 0 Å². The Bertz CT molecular complexity index is 824. The smallest absolute Gasteiger partial charge is 0.466 e. The third kappa shape index (κ3) is 5.88. The molecular formula is C14H9BrF3N3O4S. The zero-order valence-corrected chi connectivity index (χ0v) is 15.2. The molecule has 1 aliphatic heterocycles. The van der Waals surface area contributed by atoms with Gasteiger partial charge in [0.15, 0.2) is 5.17 Å². The van der Waals surface area contributed by atoms with Gasteiger partial charge in [-0.05, 0) is 45.9 Å². The van der Waals surface area contributed by atoms with Crippen LogP contribution in [-0.2, 0) is 14.3 Å². The van der Waals surface area contributed by atoms with Gasteiger partial charge in [-0.15, -0.1) is 18.3 Å². The van der Waals surface area contributed by atoms with E-state index >= 15 is 0 Å². The molecule has 0 aliphatic carbocycles. The highest BCUT2D eigenvalue weighted by Gasteiger charge is 2.31. The third-order valence-electron chi connectivity index (χ3n) is 2.65. The molecule has 138 valence electrons. The van der Waals surface area contributed by atoms with Crippen LogP contribution in [0.3, 0.4) is 0 Å². The lowest BCUT2D eigenvalue weighted by Gasteiger charge is -2.09. The van der Waals surface area contributed by atoms with Gasteiger partial charge in [-0.2, -0.15) is 5.10 Å². The highest BCUT2D eigenvalue weighted by atomic mass is 79.9. The van der Waals surface area contributed by atoms with Crippen molar-refractivity contribution < 1.29 is 32.2 Å². The summed E-state index contributed by atoms with van der Waals surface area (Å²) in [6.07, 6.45) is -2.50. The Morgan fingerprint density at radius 1 is 1.38 bits per heavy atom. The first-order valence-corrected chi connectivity index (χ1v) is 8.24. The zero-order valence-electron chi connectivity index (χ0n) is 12.8. The van der Waals surface area contributed by atoms with Gasteiger partial charge in [0, 0.05) is 16.1 Å². The van der Waals surface area contributed by atoms with Crippen molar-refractivity contribution in [2.24, 2.45) is 10.2 Å². The molecule has 0 atom stereocenters. The Kier molecular flexibility index (Phi) is 6.42. The minimum Gasteiger partial charge on any atom is -0.466 e. The van der Waals surface area contributed by atoms with Crippen LogP contribution in [0.4, 0.5) is 13.2 Å². The van der Waals surface area contributed by atoms with E-state index in [1.807, 2.05) is 0 Å². The van der Waals surface area contributed by atoms with Crippen LogP contribution in [0, 0.1) is 0 Å². The molecule has 26 heavy (non-hydrogen) atoms. The number of carbonyl (C=O) groups is 2. The number of esters is 1. The van der Waals surface area contributed by atoms with Crippen molar-refractivity contribution in [3.63, 3.8) is 0 Å². The molecule has 1 aromatic carbocycles. The molecule has 0 unspecified atom stereocenters. The molecule has 12 heteroatoms. The zero-order chi connectivity index (χ0) is 19.3. The first-order chi connectivity index (χ1) is 12.2. The van der Waals surface area contributed by atoms with Crippen molar-refractivity contribution in [1.29, 1.82) is 0 Å². The molecule has 1 aliphatic rings. The molecule has 2 rings (SSSR count). The summed E-state index contributed by atoms with van der Waals surface area (Å²) < 4.78 is 45.0. The van der Waals surface area contributed by atoms with E-state index < -0.39 is 18.2 Å². The maximum atomic E-state index is 12.2. The van der Waals surface area contributed by atoms with E-state index in [1.54, 1.807) is 0 Å². The predicted octanol–water partition coefficient (Wildman–Crippen LogP) is 2.96. The SMILES string of the molecule is COC(=O)/C=C1/S/C(=N\N=Cc2ccc(OC(F)(F)F)cc2Br)NC1=O. The lowest BCUT2D eigenvalue weighted by atomic mass is 10.2. The van der Waals surface area contributed by atoms with Gasteiger partial charge in [-0.25, -0.2) is 4.79 Å². The second-order valence-corrected chi connectivity index (χ2v) is 6.35. The van der Waals surface area contributed by atoms with E-state index in [2.05, 4.69) is 40.9 Å². The second kappa shape index (κ2) is 8.36. The minimum atomic E-state index is -4.78. The van der Waals surface area contributed by atoms with Gasteiger partial charge >= 0.3 is 12.3 Å². The standard InChI is InChI=1S/C14H9BrF3N3O4S/c1-24-11(22)5-10-12(23)20-13(26-10)21-19-6-7-2-3-8(4-9(7)15)25-14(16,17)18/h2-6H,1H3,(H,20,21,23)/b10-5+,19-6?. The number of amides is 1. The monoisotopic (exact) mass is 451 g/mol. The Hall–Kier alpha value is -2.34. The van der Waals surface area contributed by atoms with E-state index in [0.29, 0.717) is 10.0 Å². The van der Waals surface area contributed by atoms with E-state index in [1.165, 1.54) is 19.4 Å². The van der Waals surface area contributed by atoms with E-state index in [-0.39, 0.29) is 15.8 Å². The molecule has 0 bridgehead atoms. The summed E-state index contributed by atoms with van der Waals surface area (Å²) in [7, 11) is 1.18. The quantitative estimate of drug-likeness (QED) is 0.329. The average molecular weight is 452 g/mol. The summed E-state index contributed by atoms with van der Waals surface area (Å²) in [5.74, 6) is -1.59. The summed E-state index contributed by atoms with van der Waals surface area (Å²) in [6, 6.07) is 3.60. The summed E-state index contributed by atoms with van der Waals surface area (Å²) in [5.41, 5.74) is 0.434. The van der Waals surface area contributed by atoms with E-state index in [4.69, 9.17) is 0 Å². The number of hydrogen-bond acceptors (Lipinski definition) is 7. The number of nitrogens with one attached hydrogen (secondary N) is 1. The van der Waals surface area contributed by atoms with Crippen LogP contribution in [0.25, 0.3) is 0 Å². The van der Waals surface area contributed by atoms with Crippen LogP contribution in [0.15, 0.2) is 43.9 Å². The molecular weight excluding hydrogens is 443 g/mol. The molecule has 1 heterocycles. The number of halogens is 4. The predicted molar refractivity (Wildman–Crippen MR) is 91.7 cm³/mol. The summed E-state index contributed by atoms with van der Waals surface area (Å²) in [4.78, 5) is 22.8. The third-order valence-corrected chi connectivity index (χ3v) is 4.24. The highest BCUT2D eigenvalue weighted by Crippen LogP contribution is 2.27. The van der Waals surface area contributed by atoms with Gasteiger partial charge in [0.1, 0.15) is 5.75 Å². The van der Waals surface area contributed by atoms with E-state index in [0.717, 1.165) is 30.0 Å². The maximum absolute atomic E-state index is 12.2. The summed E-state index contributed by atoms with van der Waals surface area (Å²) in [5, 5.41) is 10.0. The number of nitrogens with zero attached hydrogens (tertiary/aromatic N) is 2. The Morgan fingerprint density at radius 2 is 2.12 bits per heavy atom. The first kappa shape index (κ1) is 20.0. The molecule has 0 spiro atoms. The van der Waals surface area contributed by atoms with Crippen LogP contribution in [0.1, 0.15) is 5.56 Å². The average Bonchev–Trinajstić information content (AvgIpc) is 2.87. The fraction of sp³-hybridized carbons (Fsp3) is 0.143. The maximum Gasteiger partial charge on any atom is 0.573 e. The Balaban J connectivity index is 2.06. The molecule has 0 aromatic heterocycles. The fourth-order valence-corrected chi connectivity index (χ4v) is 2.79. The van der Waals surface area contributed by atoms with Crippen molar-refractivity contribution in [1.82, 2.24) is 5.32 Å². The van der Waals surface area contributed by atoms with Crippen molar-refractivity contribution >= 4 is 51.0 Å². The molecule has 0 saturated carbocycles. The summed E-state index contributed by atoms with van der Waals surface area (Å²) in [6.45, 7) is 0. The number of thioether (sulfide) groups is 1. The van der Waals surface area contributed by atoms with Gasteiger partial charge in [-0.3, -0.25) is 10.1 Å². The Labute approximate surface area is 157 Å². The summed E-state index contributed by atoms with van der Waals surface area (Å²) >= 11 is 3.99. The number of ether oxygens (including phenoxy) is 2. The van der Waals surface area contributed by atoms with Crippen molar-refractivity contribution in [3.05, 3.63) is 39.2 Å². The number of alkyl halides is 3. The minimum absolute atomic E-state index is 0.0978. The van der Waals surface area contributed by atoms with Gasteiger partial charge < -0.3 is 9.47 Å². The molecule has 1 saturated heterocycles. The molecule has 7 nitrogen and oxygen atoms in total. The number of rotatable bonds is 4. The molecule has 1 amide bonds. The first-order valence-electron chi connectivity index (χ1n) is 6.63. The van der Waals surface area contributed by atoms with Crippen LogP contribution in [0.5, 0.6) is 5.75 Å². The van der Waals surface area contributed by atoms with Crippen LogP contribution < -0.4 is 10.1 Å². The number of benzene rings is 1. The topological polar surface area (TPSA) is 89.3 Å². The van der Waals surface area contributed by atoms with Gasteiger partial charge in [0.05, 0.1) is 18.2 Å². The van der Waals surface area contributed by atoms with Crippen molar-refractivity contribution in [2.45, 2.75) is 6.36 Å². The fourth-order valence-electron chi connectivity index (χ4n) is 1.59. The molecule has 0 radical (unpaired) electrons. The lowest BCUT2D eigenvalue weighted by Crippen LogP contribution is -2.19. The number of carbonyl (C=O) groups excluding carboxylic acids is 2. The number of hydrogen-bond donors (Lipinski definition) is 1. The van der Waals surface area contributed by atoms with Gasteiger partial charge in [-0.1, -0.05) is 0 Å². The van der Waals surface area contributed by atoms with Crippen molar-refractivity contribution in [2.75, 3.05) is 7.11 Å². The van der Waals surface area contributed by atoms with Crippen molar-refractivity contribution in [3.8, 4) is 5.75 Å². The van der Waals surface area contributed by atoms with Gasteiger partial charge in [0.2, 0.25) is 0 Å². The highest BCUT2D eigenvalue weighted by molar-refractivity contribution is 9.10.